The standard InChI is InChI=1S/C15H18N2S/c1-11-9-13(7-8-14(11)16)18-10-15(17)12-5-3-2-4-6-12/h2-9,15H,10,16-17H2,1H3. The van der Waals surface area contributed by atoms with Crippen molar-refractivity contribution in [1.29, 1.82) is 0 Å². The molecule has 2 aromatic rings. The normalized spacial score (nSPS) is 12.3. The Morgan fingerprint density at radius 3 is 2.50 bits per heavy atom. The molecular formula is C15H18N2S. The molecule has 2 rings (SSSR count). The van der Waals surface area contributed by atoms with Crippen LogP contribution in [0.25, 0.3) is 0 Å². The SMILES string of the molecule is Cc1cc(SCC(N)c2ccccc2)ccc1N. The molecule has 0 aliphatic heterocycles. The molecule has 0 saturated carbocycles. The summed E-state index contributed by atoms with van der Waals surface area (Å²) in [5.41, 5.74) is 15.1. The van der Waals surface area contributed by atoms with E-state index in [2.05, 4.69) is 18.2 Å². The minimum Gasteiger partial charge on any atom is -0.399 e. The van der Waals surface area contributed by atoms with Gasteiger partial charge in [0.25, 0.3) is 0 Å². The highest BCUT2D eigenvalue weighted by Crippen LogP contribution is 2.25. The summed E-state index contributed by atoms with van der Waals surface area (Å²) >= 11 is 1.77. The Morgan fingerprint density at radius 2 is 1.83 bits per heavy atom. The second-order valence-corrected chi connectivity index (χ2v) is 5.44. The fourth-order valence-corrected chi connectivity index (χ4v) is 2.71. The van der Waals surface area contributed by atoms with Gasteiger partial charge in [-0.3, -0.25) is 0 Å². The van der Waals surface area contributed by atoms with E-state index in [4.69, 9.17) is 11.5 Å². The van der Waals surface area contributed by atoms with E-state index in [1.807, 2.05) is 37.3 Å². The van der Waals surface area contributed by atoms with Gasteiger partial charge >= 0.3 is 0 Å². The Hall–Kier alpha value is -1.45. The molecule has 2 nitrogen and oxygen atoms in total. The summed E-state index contributed by atoms with van der Waals surface area (Å²) < 4.78 is 0. The molecule has 0 saturated heterocycles. The minimum atomic E-state index is 0.0639. The number of anilines is 1. The Morgan fingerprint density at radius 1 is 1.11 bits per heavy atom. The van der Waals surface area contributed by atoms with E-state index in [0.29, 0.717) is 0 Å². The second-order valence-electron chi connectivity index (χ2n) is 4.35. The third kappa shape index (κ3) is 3.28. The van der Waals surface area contributed by atoms with Crippen LogP contribution in [0.1, 0.15) is 17.2 Å². The maximum atomic E-state index is 6.17. The van der Waals surface area contributed by atoms with Gasteiger partial charge in [0.2, 0.25) is 0 Å². The first-order valence-electron chi connectivity index (χ1n) is 5.96. The zero-order chi connectivity index (χ0) is 13.0. The summed E-state index contributed by atoms with van der Waals surface area (Å²) in [4.78, 5) is 1.22. The van der Waals surface area contributed by atoms with E-state index < -0.39 is 0 Å². The van der Waals surface area contributed by atoms with E-state index in [1.165, 1.54) is 10.5 Å². The molecule has 0 aromatic heterocycles. The molecule has 1 unspecified atom stereocenters. The number of rotatable bonds is 4. The van der Waals surface area contributed by atoms with Crippen LogP contribution in [0.2, 0.25) is 0 Å². The monoisotopic (exact) mass is 258 g/mol. The maximum Gasteiger partial charge on any atom is 0.0390 e. The lowest BCUT2D eigenvalue weighted by molar-refractivity contribution is 0.831. The molecule has 0 spiro atoms. The van der Waals surface area contributed by atoms with Crippen molar-refractivity contribution in [3.05, 3.63) is 59.7 Å². The third-order valence-corrected chi connectivity index (χ3v) is 4.01. The summed E-state index contributed by atoms with van der Waals surface area (Å²) in [6.07, 6.45) is 0. The van der Waals surface area contributed by atoms with Gasteiger partial charge in [0.05, 0.1) is 0 Å². The lowest BCUT2D eigenvalue weighted by atomic mass is 10.1. The van der Waals surface area contributed by atoms with Gasteiger partial charge in [-0.15, -0.1) is 11.8 Å². The summed E-state index contributed by atoms with van der Waals surface area (Å²) in [6, 6.07) is 16.4. The maximum absolute atomic E-state index is 6.17. The van der Waals surface area contributed by atoms with Crippen molar-refractivity contribution in [1.82, 2.24) is 0 Å². The summed E-state index contributed by atoms with van der Waals surface area (Å²) in [5, 5.41) is 0. The molecule has 0 amide bonds. The van der Waals surface area contributed by atoms with Crippen LogP contribution in [0, 0.1) is 6.92 Å². The van der Waals surface area contributed by atoms with Crippen molar-refractivity contribution >= 4 is 17.4 Å². The Kier molecular flexibility index (Phi) is 4.28. The third-order valence-electron chi connectivity index (χ3n) is 2.90. The number of benzene rings is 2. The molecule has 94 valence electrons. The highest BCUT2D eigenvalue weighted by Gasteiger charge is 2.06. The predicted octanol–water partition coefficient (Wildman–Crippen LogP) is 3.37. The fourth-order valence-electron chi connectivity index (χ4n) is 1.72. The van der Waals surface area contributed by atoms with Crippen molar-refractivity contribution in [3.8, 4) is 0 Å². The first-order valence-corrected chi connectivity index (χ1v) is 6.95. The van der Waals surface area contributed by atoms with Crippen molar-refractivity contribution in [2.75, 3.05) is 11.5 Å². The van der Waals surface area contributed by atoms with Crippen molar-refractivity contribution in [3.63, 3.8) is 0 Å². The fraction of sp³-hybridized carbons (Fsp3) is 0.200. The van der Waals surface area contributed by atoms with E-state index >= 15 is 0 Å². The van der Waals surface area contributed by atoms with Crippen molar-refractivity contribution in [2.45, 2.75) is 17.9 Å². The van der Waals surface area contributed by atoms with Crippen molar-refractivity contribution in [2.24, 2.45) is 5.73 Å². The van der Waals surface area contributed by atoms with Gasteiger partial charge in [0, 0.05) is 22.4 Å². The Bertz CT molecular complexity index is 511. The zero-order valence-electron chi connectivity index (χ0n) is 10.5. The molecule has 4 N–H and O–H groups in total. The smallest absolute Gasteiger partial charge is 0.0390 e. The average molecular weight is 258 g/mol. The summed E-state index contributed by atoms with van der Waals surface area (Å²) in [5.74, 6) is 0.868. The average Bonchev–Trinajstić information content (AvgIpc) is 2.41. The van der Waals surface area contributed by atoms with Crippen LogP contribution >= 0.6 is 11.8 Å². The van der Waals surface area contributed by atoms with Gasteiger partial charge in [0.15, 0.2) is 0 Å². The van der Waals surface area contributed by atoms with E-state index in [-0.39, 0.29) is 6.04 Å². The van der Waals surface area contributed by atoms with Gasteiger partial charge in [0.1, 0.15) is 0 Å². The van der Waals surface area contributed by atoms with Gasteiger partial charge in [-0.25, -0.2) is 0 Å². The van der Waals surface area contributed by atoms with Gasteiger partial charge in [-0.1, -0.05) is 30.3 Å². The number of nitrogens with two attached hydrogens (primary N) is 2. The van der Waals surface area contributed by atoms with Crippen LogP contribution in [0.3, 0.4) is 0 Å². The molecule has 0 heterocycles. The van der Waals surface area contributed by atoms with E-state index in [0.717, 1.165) is 17.0 Å². The quantitative estimate of drug-likeness (QED) is 0.653. The summed E-state index contributed by atoms with van der Waals surface area (Å²) in [7, 11) is 0. The van der Waals surface area contributed by atoms with Gasteiger partial charge < -0.3 is 11.5 Å². The van der Waals surface area contributed by atoms with E-state index in [1.54, 1.807) is 11.8 Å². The second kappa shape index (κ2) is 5.94. The molecule has 3 heteroatoms. The number of nitrogen functional groups attached to an aromatic ring is 1. The predicted molar refractivity (Wildman–Crippen MR) is 79.7 cm³/mol. The molecule has 0 fully saturated rings. The lowest BCUT2D eigenvalue weighted by Gasteiger charge is -2.12. The number of hydrogen-bond acceptors (Lipinski definition) is 3. The molecular weight excluding hydrogens is 240 g/mol. The van der Waals surface area contributed by atoms with Crippen LogP contribution in [0.5, 0.6) is 0 Å². The molecule has 0 aliphatic rings. The van der Waals surface area contributed by atoms with Crippen molar-refractivity contribution < 1.29 is 0 Å². The van der Waals surface area contributed by atoms with E-state index in [9.17, 15) is 0 Å². The zero-order valence-corrected chi connectivity index (χ0v) is 11.3. The lowest BCUT2D eigenvalue weighted by Crippen LogP contribution is -2.12. The number of aryl methyl sites for hydroxylation is 1. The number of thioether (sulfide) groups is 1. The highest BCUT2D eigenvalue weighted by atomic mass is 32.2. The number of hydrogen-bond donors (Lipinski definition) is 2. The van der Waals surface area contributed by atoms with Crippen LogP contribution in [0.4, 0.5) is 5.69 Å². The molecule has 2 aromatic carbocycles. The molecule has 0 radical (unpaired) electrons. The highest BCUT2D eigenvalue weighted by molar-refractivity contribution is 7.99. The summed E-state index contributed by atoms with van der Waals surface area (Å²) in [6.45, 7) is 2.02. The van der Waals surface area contributed by atoms with Gasteiger partial charge in [-0.05, 0) is 36.2 Å². The van der Waals surface area contributed by atoms with Crippen LogP contribution in [0.15, 0.2) is 53.4 Å². The van der Waals surface area contributed by atoms with Crippen LogP contribution < -0.4 is 11.5 Å². The Labute approximate surface area is 112 Å². The largest absolute Gasteiger partial charge is 0.399 e. The molecule has 0 aliphatic carbocycles. The Balaban J connectivity index is 1.97. The van der Waals surface area contributed by atoms with Gasteiger partial charge in [-0.2, -0.15) is 0 Å². The first kappa shape index (κ1) is 13.0. The topological polar surface area (TPSA) is 52.0 Å². The molecule has 1 atom stereocenters. The molecule has 0 bridgehead atoms. The first-order chi connectivity index (χ1) is 8.66. The molecule has 18 heavy (non-hydrogen) atoms. The van der Waals surface area contributed by atoms with Crippen LogP contribution in [-0.4, -0.2) is 5.75 Å². The van der Waals surface area contributed by atoms with Crippen LogP contribution in [-0.2, 0) is 0 Å². The minimum absolute atomic E-state index is 0.0639.